The zero-order valence-corrected chi connectivity index (χ0v) is 11.1. The summed E-state index contributed by atoms with van der Waals surface area (Å²) in [4.78, 5) is 48.5. The van der Waals surface area contributed by atoms with E-state index in [4.69, 9.17) is 0 Å². The van der Waals surface area contributed by atoms with Crippen molar-refractivity contribution in [2.45, 2.75) is 39.3 Å². The van der Waals surface area contributed by atoms with Gasteiger partial charge in [-0.3, -0.25) is 19.2 Å². The Morgan fingerprint density at radius 3 is 1.89 bits per heavy atom. The number of nitrogens with one attached hydrogen (secondary N) is 1. The summed E-state index contributed by atoms with van der Waals surface area (Å²) in [6.07, 6.45) is 0. The Hall–Kier alpha value is -1.56. The highest BCUT2D eigenvalue weighted by Gasteiger charge is 2.56. The SMILES string of the molecule is CC(=O)C1NCCN(C(C)=O)C1(C(C)=O)C(C)=O. The zero-order valence-electron chi connectivity index (χ0n) is 11.1. The monoisotopic (exact) mass is 254 g/mol. The molecule has 0 saturated carbocycles. The van der Waals surface area contributed by atoms with E-state index in [0.29, 0.717) is 6.54 Å². The molecule has 1 unspecified atom stereocenters. The van der Waals surface area contributed by atoms with Crippen LogP contribution in [-0.2, 0) is 19.2 Å². The molecule has 1 aliphatic heterocycles. The minimum absolute atomic E-state index is 0.234. The van der Waals surface area contributed by atoms with Crippen molar-refractivity contribution in [3.05, 3.63) is 0 Å². The smallest absolute Gasteiger partial charge is 0.220 e. The van der Waals surface area contributed by atoms with Crippen molar-refractivity contribution in [3.8, 4) is 0 Å². The summed E-state index contributed by atoms with van der Waals surface area (Å²) < 4.78 is 0. The van der Waals surface area contributed by atoms with Gasteiger partial charge in [0, 0.05) is 20.0 Å². The molecular weight excluding hydrogens is 236 g/mol. The molecule has 1 N–H and O–H groups in total. The average Bonchev–Trinajstić information content (AvgIpc) is 2.26. The molecule has 1 saturated heterocycles. The van der Waals surface area contributed by atoms with Gasteiger partial charge in [-0.15, -0.1) is 0 Å². The molecular formula is C12H18N2O4. The van der Waals surface area contributed by atoms with E-state index < -0.39 is 23.1 Å². The van der Waals surface area contributed by atoms with Gasteiger partial charge in [-0.25, -0.2) is 0 Å². The highest BCUT2D eigenvalue weighted by atomic mass is 16.2. The van der Waals surface area contributed by atoms with Crippen LogP contribution < -0.4 is 5.32 Å². The van der Waals surface area contributed by atoms with Gasteiger partial charge in [0.1, 0.15) is 11.8 Å². The highest BCUT2D eigenvalue weighted by Crippen LogP contribution is 2.27. The van der Waals surface area contributed by atoms with Crippen LogP contribution in [0.4, 0.5) is 0 Å². The Labute approximate surface area is 106 Å². The van der Waals surface area contributed by atoms with Crippen LogP contribution in [0.3, 0.4) is 0 Å². The predicted octanol–water partition coefficient (Wildman–Crippen LogP) is -0.687. The molecule has 0 aliphatic carbocycles. The maximum Gasteiger partial charge on any atom is 0.220 e. The minimum Gasteiger partial charge on any atom is -0.321 e. The minimum atomic E-state index is -1.70. The molecule has 1 atom stereocenters. The first-order chi connectivity index (χ1) is 8.26. The standard InChI is InChI=1S/C12H18N2O4/c1-7(15)11-12(8(2)16,9(3)17)14(10(4)18)6-5-13-11/h11,13H,5-6H2,1-4H3. The first-order valence-electron chi connectivity index (χ1n) is 5.80. The van der Waals surface area contributed by atoms with Crippen molar-refractivity contribution in [2.75, 3.05) is 13.1 Å². The number of piperazine rings is 1. The predicted molar refractivity (Wildman–Crippen MR) is 64.0 cm³/mol. The molecule has 0 bridgehead atoms. The maximum absolute atomic E-state index is 12.0. The van der Waals surface area contributed by atoms with E-state index in [2.05, 4.69) is 5.32 Å². The summed E-state index contributed by atoms with van der Waals surface area (Å²) in [5.74, 6) is -1.69. The third-order valence-corrected chi connectivity index (χ3v) is 3.39. The third kappa shape index (κ3) is 1.96. The number of amides is 1. The van der Waals surface area contributed by atoms with Gasteiger partial charge in [0.05, 0.1) is 0 Å². The largest absolute Gasteiger partial charge is 0.321 e. The molecule has 0 aromatic heterocycles. The summed E-state index contributed by atoms with van der Waals surface area (Å²) in [5, 5.41) is 2.87. The Morgan fingerprint density at radius 1 is 1.06 bits per heavy atom. The molecule has 1 fully saturated rings. The summed E-state index contributed by atoms with van der Waals surface area (Å²) >= 11 is 0. The van der Waals surface area contributed by atoms with Gasteiger partial charge >= 0.3 is 0 Å². The van der Waals surface area contributed by atoms with Gasteiger partial charge < -0.3 is 10.2 Å². The number of ketones is 3. The van der Waals surface area contributed by atoms with Crippen molar-refractivity contribution in [1.29, 1.82) is 0 Å². The summed E-state index contributed by atoms with van der Waals surface area (Å²) in [7, 11) is 0. The Kier molecular flexibility index (Phi) is 4.01. The second-order valence-corrected chi connectivity index (χ2v) is 4.55. The van der Waals surface area contributed by atoms with Gasteiger partial charge in [-0.2, -0.15) is 0 Å². The van der Waals surface area contributed by atoms with Crippen LogP contribution in [0.1, 0.15) is 27.7 Å². The first kappa shape index (κ1) is 14.5. The maximum atomic E-state index is 12.0. The lowest BCUT2D eigenvalue weighted by molar-refractivity contribution is -0.159. The van der Waals surface area contributed by atoms with E-state index in [9.17, 15) is 19.2 Å². The molecule has 0 aromatic carbocycles. The van der Waals surface area contributed by atoms with Crippen LogP contribution in [0.5, 0.6) is 0 Å². The summed E-state index contributed by atoms with van der Waals surface area (Å²) in [6, 6.07) is -0.967. The molecule has 100 valence electrons. The van der Waals surface area contributed by atoms with Gasteiger partial charge in [0.15, 0.2) is 17.1 Å². The van der Waals surface area contributed by atoms with E-state index in [0.717, 1.165) is 0 Å². The van der Waals surface area contributed by atoms with Crippen LogP contribution in [0.2, 0.25) is 0 Å². The number of Topliss-reactive ketones (excluding diaryl/α,β-unsaturated/α-hetero) is 3. The van der Waals surface area contributed by atoms with Gasteiger partial charge in [-0.05, 0) is 20.8 Å². The van der Waals surface area contributed by atoms with Crippen LogP contribution in [0.25, 0.3) is 0 Å². The lowest BCUT2D eigenvalue weighted by Crippen LogP contribution is -2.76. The molecule has 1 rings (SSSR count). The number of hydrogen-bond donors (Lipinski definition) is 1. The van der Waals surface area contributed by atoms with Crippen molar-refractivity contribution in [1.82, 2.24) is 10.2 Å². The van der Waals surface area contributed by atoms with Crippen LogP contribution in [0, 0.1) is 0 Å². The topological polar surface area (TPSA) is 83.6 Å². The van der Waals surface area contributed by atoms with Crippen molar-refractivity contribution in [2.24, 2.45) is 0 Å². The van der Waals surface area contributed by atoms with E-state index in [-0.39, 0.29) is 18.2 Å². The molecule has 6 heteroatoms. The molecule has 1 amide bonds. The molecule has 1 aliphatic rings. The molecule has 6 nitrogen and oxygen atoms in total. The first-order valence-corrected chi connectivity index (χ1v) is 5.80. The lowest BCUT2D eigenvalue weighted by atomic mass is 9.77. The van der Waals surface area contributed by atoms with Crippen LogP contribution in [-0.4, -0.2) is 52.8 Å². The summed E-state index contributed by atoms with van der Waals surface area (Å²) in [6.45, 7) is 5.69. The second-order valence-electron chi connectivity index (χ2n) is 4.55. The normalized spacial score (nSPS) is 22.4. The quantitative estimate of drug-likeness (QED) is 0.674. The van der Waals surface area contributed by atoms with E-state index in [1.54, 1.807) is 0 Å². The summed E-state index contributed by atoms with van der Waals surface area (Å²) in [5.41, 5.74) is -1.70. The van der Waals surface area contributed by atoms with Crippen molar-refractivity contribution >= 4 is 23.3 Å². The van der Waals surface area contributed by atoms with Gasteiger partial charge in [-0.1, -0.05) is 0 Å². The van der Waals surface area contributed by atoms with Crippen molar-refractivity contribution < 1.29 is 19.2 Å². The molecule has 0 radical (unpaired) electrons. The Morgan fingerprint density at radius 2 is 1.56 bits per heavy atom. The zero-order chi connectivity index (χ0) is 14.1. The number of carbonyl (C=O) groups is 4. The molecule has 0 aromatic rings. The van der Waals surface area contributed by atoms with Gasteiger partial charge in [0.25, 0.3) is 0 Å². The van der Waals surface area contributed by atoms with Crippen LogP contribution >= 0.6 is 0 Å². The fourth-order valence-corrected chi connectivity index (χ4v) is 2.68. The molecule has 0 spiro atoms. The fourth-order valence-electron chi connectivity index (χ4n) is 2.68. The number of hydrogen-bond acceptors (Lipinski definition) is 5. The number of nitrogens with zero attached hydrogens (tertiary/aromatic N) is 1. The fraction of sp³-hybridized carbons (Fsp3) is 0.667. The average molecular weight is 254 g/mol. The number of rotatable bonds is 3. The second kappa shape index (κ2) is 4.97. The highest BCUT2D eigenvalue weighted by molar-refractivity contribution is 6.16. The molecule has 1 heterocycles. The van der Waals surface area contributed by atoms with E-state index in [1.807, 2.05) is 0 Å². The lowest BCUT2D eigenvalue weighted by Gasteiger charge is -2.47. The third-order valence-electron chi connectivity index (χ3n) is 3.39. The van der Waals surface area contributed by atoms with E-state index in [1.165, 1.54) is 32.6 Å². The van der Waals surface area contributed by atoms with Gasteiger partial charge in [0.2, 0.25) is 5.91 Å². The molecule has 18 heavy (non-hydrogen) atoms. The van der Waals surface area contributed by atoms with Crippen LogP contribution in [0.15, 0.2) is 0 Å². The number of carbonyl (C=O) groups excluding carboxylic acids is 4. The van der Waals surface area contributed by atoms with E-state index >= 15 is 0 Å². The Balaban J connectivity index is 3.46. The Bertz CT molecular complexity index is 378. The van der Waals surface area contributed by atoms with Crippen molar-refractivity contribution in [3.63, 3.8) is 0 Å².